The molecule has 1 aliphatic rings. The molecule has 0 bridgehead atoms. The standard InChI is InChI=1S/C22H27N3O3/c1-13-6-7-17(14(2)12-13)20-18(15(3)23-16(4)19(20)22(27)28)21(26)25-10-8-24(5)9-11-25/h6-7,12H,8-11H2,1-5H3,(H,27,28). The number of likely N-dealkylation sites (N-methyl/N-ethyl adjacent to an activating group) is 1. The van der Waals surface area contributed by atoms with Gasteiger partial charge in [0.2, 0.25) is 0 Å². The van der Waals surface area contributed by atoms with Crippen molar-refractivity contribution < 1.29 is 14.7 Å². The third-order valence-electron chi connectivity index (χ3n) is 5.43. The molecule has 1 N–H and O–H groups in total. The predicted molar refractivity (Wildman–Crippen MR) is 109 cm³/mol. The summed E-state index contributed by atoms with van der Waals surface area (Å²) in [5.74, 6) is -1.21. The predicted octanol–water partition coefficient (Wildman–Crippen LogP) is 3.07. The monoisotopic (exact) mass is 381 g/mol. The van der Waals surface area contributed by atoms with E-state index in [2.05, 4.69) is 9.88 Å². The van der Waals surface area contributed by atoms with Crippen molar-refractivity contribution in [2.24, 2.45) is 0 Å². The number of nitrogens with zero attached hydrogens (tertiary/aromatic N) is 3. The molecule has 1 aromatic heterocycles. The van der Waals surface area contributed by atoms with Crippen LogP contribution >= 0.6 is 0 Å². The van der Waals surface area contributed by atoms with Crippen LogP contribution in [0.3, 0.4) is 0 Å². The van der Waals surface area contributed by atoms with Crippen molar-refractivity contribution in [3.05, 3.63) is 51.8 Å². The summed E-state index contributed by atoms with van der Waals surface area (Å²) >= 11 is 0. The molecular formula is C22H27N3O3. The molecule has 148 valence electrons. The van der Waals surface area contributed by atoms with Gasteiger partial charge in [-0.25, -0.2) is 4.79 Å². The highest BCUT2D eigenvalue weighted by Crippen LogP contribution is 2.34. The number of piperazine rings is 1. The zero-order valence-corrected chi connectivity index (χ0v) is 17.2. The molecule has 1 aromatic carbocycles. The molecule has 1 amide bonds. The molecule has 1 saturated heterocycles. The van der Waals surface area contributed by atoms with Gasteiger partial charge in [0, 0.05) is 31.7 Å². The van der Waals surface area contributed by atoms with Gasteiger partial charge in [0.1, 0.15) is 0 Å². The summed E-state index contributed by atoms with van der Waals surface area (Å²) in [4.78, 5) is 34.0. The summed E-state index contributed by atoms with van der Waals surface area (Å²) in [6.07, 6.45) is 0. The number of pyridine rings is 1. The highest BCUT2D eigenvalue weighted by molar-refractivity contribution is 6.08. The maximum Gasteiger partial charge on any atom is 0.338 e. The summed E-state index contributed by atoms with van der Waals surface area (Å²) in [6.45, 7) is 10.3. The first-order valence-electron chi connectivity index (χ1n) is 9.50. The Kier molecular flexibility index (Phi) is 5.52. The average molecular weight is 381 g/mol. The lowest BCUT2D eigenvalue weighted by Crippen LogP contribution is -2.47. The molecule has 3 rings (SSSR count). The first-order chi connectivity index (χ1) is 13.2. The van der Waals surface area contributed by atoms with Gasteiger partial charge in [-0.1, -0.05) is 23.8 Å². The van der Waals surface area contributed by atoms with Gasteiger partial charge in [-0.3, -0.25) is 9.78 Å². The van der Waals surface area contributed by atoms with Gasteiger partial charge in [-0.15, -0.1) is 0 Å². The highest BCUT2D eigenvalue weighted by Gasteiger charge is 2.30. The molecule has 0 spiro atoms. The van der Waals surface area contributed by atoms with E-state index in [-0.39, 0.29) is 11.5 Å². The maximum absolute atomic E-state index is 13.5. The normalized spacial score (nSPS) is 15.0. The molecule has 0 atom stereocenters. The van der Waals surface area contributed by atoms with Crippen LogP contribution in [0.1, 0.15) is 43.2 Å². The second kappa shape index (κ2) is 7.72. The Morgan fingerprint density at radius 3 is 2.14 bits per heavy atom. The lowest BCUT2D eigenvalue weighted by Gasteiger charge is -2.33. The second-order valence-electron chi connectivity index (χ2n) is 7.63. The van der Waals surface area contributed by atoms with Gasteiger partial charge >= 0.3 is 5.97 Å². The summed E-state index contributed by atoms with van der Waals surface area (Å²) in [7, 11) is 2.03. The third kappa shape index (κ3) is 3.64. The van der Waals surface area contributed by atoms with Gasteiger partial charge in [0.25, 0.3) is 5.91 Å². The number of amides is 1. The van der Waals surface area contributed by atoms with E-state index in [9.17, 15) is 14.7 Å². The minimum atomic E-state index is -1.06. The first-order valence-corrected chi connectivity index (χ1v) is 9.50. The van der Waals surface area contributed by atoms with Crippen molar-refractivity contribution in [2.75, 3.05) is 33.2 Å². The summed E-state index contributed by atoms with van der Waals surface area (Å²) in [5, 5.41) is 9.92. The minimum absolute atomic E-state index is 0.107. The van der Waals surface area contributed by atoms with Crippen LogP contribution < -0.4 is 0 Å². The molecule has 0 unspecified atom stereocenters. The Labute approximate surface area is 165 Å². The van der Waals surface area contributed by atoms with Crippen molar-refractivity contribution in [3.8, 4) is 11.1 Å². The quantitative estimate of drug-likeness (QED) is 0.885. The summed E-state index contributed by atoms with van der Waals surface area (Å²) in [6, 6.07) is 5.87. The van der Waals surface area contributed by atoms with E-state index in [1.54, 1.807) is 18.7 Å². The number of carboxylic acids is 1. The van der Waals surface area contributed by atoms with Crippen LogP contribution in [0.2, 0.25) is 0 Å². The van der Waals surface area contributed by atoms with E-state index in [0.717, 1.165) is 29.8 Å². The zero-order chi connectivity index (χ0) is 20.6. The largest absolute Gasteiger partial charge is 0.478 e. The fourth-order valence-corrected chi connectivity index (χ4v) is 3.90. The van der Waals surface area contributed by atoms with Crippen molar-refractivity contribution in [1.82, 2.24) is 14.8 Å². The number of benzene rings is 1. The molecule has 0 aliphatic carbocycles. The van der Waals surface area contributed by atoms with E-state index in [0.29, 0.717) is 35.6 Å². The van der Waals surface area contributed by atoms with E-state index >= 15 is 0 Å². The highest BCUT2D eigenvalue weighted by atomic mass is 16.4. The fraction of sp³-hybridized carbons (Fsp3) is 0.409. The maximum atomic E-state index is 13.5. The number of carbonyl (C=O) groups is 2. The van der Waals surface area contributed by atoms with Gasteiger partial charge in [0.05, 0.1) is 22.5 Å². The smallest absolute Gasteiger partial charge is 0.338 e. The summed E-state index contributed by atoms with van der Waals surface area (Å²) in [5.41, 5.74) is 4.80. The number of carboxylic acid groups (broad SMARTS) is 1. The lowest BCUT2D eigenvalue weighted by atomic mass is 9.88. The van der Waals surface area contributed by atoms with Crippen LogP contribution in [-0.2, 0) is 0 Å². The molecule has 28 heavy (non-hydrogen) atoms. The zero-order valence-electron chi connectivity index (χ0n) is 17.2. The number of carbonyl (C=O) groups excluding carboxylic acids is 1. The van der Waals surface area contributed by atoms with Crippen molar-refractivity contribution in [3.63, 3.8) is 0 Å². The average Bonchev–Trinajstić information content (AvgIpc) is 2.61. The van der Waals surface area contributed by atoms with Crippen LogP contribution in [0.15, 0.2) is 18.2 Å². The van der Waals surface area contributed by atoms with E-state index in [4.69, 9.17) is 0 Å². The Morgan fingerprint density at radius 2 is 1.57 bits per heavy atom. The Balaban J connectivity index is 2.25. The van der Waals surface area contributed by atoms with Crippen LogP contribution in [0.25, 0.3) is 11.1 Å². The molecule has 6 nitrogen and oxygen atoms in total. The Hall–Kier alpha value is -2.73. The number of rotatable bonds is 3. The lowest BCUT2D eigenvalue weighted by molar-refractivity contribution is 0.0663. The van der Waals surface area contributed by atoms with E-state index in [1.807, 2.05) is 39.1 Å². The molecule has 1 aliphatic heterocycles. The van der Waals surface area contributed by atoms with Crippen LogP contribution in [-0.4, -0.2) is 65.0 Å². The van der Waals surface area contributed by atoms with Gasteiger partial charge < -0.3 is 14.9 Å². The molecule has 6 heteroatoms. The first kappa shape index (κ1) is 20.0. The topological polar surface area (TPSA) is 73.7 Å². The SMILES string of the molecule is Cc1ccc(-c2c(C(=O)O)c(C)nc(C)c2C(=O)N2CCN(C)CC2)c(C)c1. The number of hydrogen-bond acceptors (Lipinski definition) is 4. The Morgan fingerprint density at radius 1 is 0.964 bits per heavy atom. The van der Waals surface area contributed by atoms with E-state index < -0.39 is 5.97 Å². The van der Waals surface area contributed by atoms with Gasteiger partial charge in [0.15, 0.2) is 0 Å². The third-order valence-corrected chi connectivity index (χ3v) is 5.43. The number of hydrogen-bond donors (Lipinski definition) is 1. The van der Waals surface area contributed by atoms with Crippen molar-refractivity contribution in [1.29, 1.82) is 0 Å². The molecule has 1 fully saturated rings. The van der Waals surface area contributed by atoms with E-state index in [1.165, 1.54) is 0 Å². The summed E-state index contributed by atoms with van der Waals surface area (Å²) < 4.78 is 0. The second-order valence-corrected chi connectivity index (χ2v) is 7.63. The van der Waals surface area contributed by atoms with Crippen LogP contribution in [0.5, 0.6) is 0 Å². The van der Waals surface area contributed by atoms with Crippen molar-refractivity contribution >= 4 is 11.9 Å². The fourth-order valence-electron chi connectivity index (χ4n) is 3.90. The Bertz CT molecular complexity index is 945. The molecule has 2 heterocycles. The molecule has 2 aromatic rings. The number of aromatic nitrogens is 1. The van der Waals surface area contributed by atoms with Crippen LogP contribution in [0.4, 0.5) is 0 Å². The van der Waals surface area contributed by atoms with Crippen molar-refractivity contribution in [2.45, 2.75) is 27.7 Å². The molecule has 0 saturated carbocycles. The minimum Gasteiger partial charge on any atom is -0.478 e. The van der Waals surface area contributed by atoms with Gasteiger partial charge in [-0.2, -0.15) is 0 Å². The van der Waals surface area contributed by atoms with Crippen LogP contribution in [0, 0.1) is 27.7 Å². The van der Waals surface area contributed by atoms with Gasteiger partial charge in [-0.05, 0) is 45.9 Å². The number of aromatic carboxylic acids is 1. The molecular weight excluding hydrogens is 354 g/mol. The number of aryl methyl sites for hydroxylation is 4. The molecule has 0 radical (unpaired) electrons.